The highest BCUT2D eigenvalue weighted by Crippen LogP contribution is 2.30. The molecule has 3 rings (SSSR count). The number of imidazole rings is 1. The minimum Gasteiger partial charge on any atom is -0.338 e. The lowest BCUT2D eigenvalue weighted by atomic mass is 10.1. The Morgan fingerprint density at radius 2 is 1.89 bits per heavy atom. The Morgan fingerprint density at radius 1 is 1.16 bits per heavy atom. The van der Waals surface area contributed by atoms with Crippen molar-refractivity contribution in [2.75, 3.05) is 0 Å². The molecule has 0 aliphatic heterocycles. The van der Waals surface area contributed by atoms with Crippen molar-refractivity contribution in [2.24, 2.45) is 0 Å². The van der Waals surface area contributed by atoms with Crippen molar-refractivity contribution in [1.29, 1.82) is 0 Å². The molecule has 0 aliphatic rings. The number of aromatic nitrogens is 2. The highest BCUT2D eigenvalue weighted by molar-refractivity contribution is 9.10. The van der Waals surface area contributed by atoms with E-state index in [1.165, 1.54) is 17.2 Å². The first-order valence-corrected chi connectivity index (χ1v) is 6.77. The molecule has 19 heavy (non-hydrogen) atoms. The average molecular weight is 319 g/mol. The number of nitrogens with one attached hydrogen (secondary N) is 1. The second-order valence-electron chi connectivity index (χ2n) is 4.64. The first-order valence-electron chi connectivity index (χ1n) is 5.97. The van der Waals surface area contributed by atoms with E-state index < -0.39 is 0 Å². The first kappa shape index (κ1) is 12.4. The fourth-order valence-electron chi connectivity index (χ4n) is 2.11. The van der Waals surface area contributed by atoms with E-state index in [1.54, 1.807) is 6.07 Å². The Kier molecular flexibility index (Phi) is 2.90. The quantitative estimate of drug-likeness (QED) is 0.689. The van der Waals surface area contributed by atoms with E-state index in [4.69, 9.17) is 0 Å². The molecule has 0 amide bonds. The van der Waals surface area contributed by atoms with Gasteiger partial charge in [0.1, 0.15) is 11.6 Å². The summed E-state index contributed by atoms with van der Waals surface area (Å²) in [4.78, 5) is 7.66. The average Bonchev–Trinajstić information content (AvgIpc) is 2.72. The lowest BCUT2D eigenvalue weighted by Gasteiger charge is -2.01. The Balaban J connectivity index is 2.26. The minimum atomic E-state index is -0.290. The molecule has 0 saturated carbocycles. The molecule has 2 nitrogen and oxygen atoms in total. The Morgan fingerprint density at radius 3 is 2.63 bits per heavy atom. The van der Waals surface area contributed by atoms with Gasteiger partial charge < -0.3 is 4.98 Å². The molecule has 0 atom stereocenters. The Bertz CT molecular complexity index is 718. The van der Waals surface area contributed by atoms with Gasteiger partial charge >= 0.3 is 0 Å². The fourth-order valence-corrected chi connectivity index (χ4v) is 2.64. The van der Waals surface area contributed by atoms with Crippen LogP contribution in [0.5, 0.6) is 0 Å². The van der Waals surface area contributed by atoms with Crippen LogP contribution in [0.15, 0.2) is 34.8 Å². The topological polar surface area (TPSA) is 28.7 Å². The zero-order chi connectivity index (χ0) is 13.6. The molecule has 1 heterocycles. The monoisotopic (exact) mass is 318 g/mol. The number of hydrogen-bond donors (Lipinski definition) is 1. The van der Waals surface area contributed by atoms with Crippen molar-refractivity contribution in [3.05, 3.63) is 51.7 Å². The van der Waals surface area contributed by atoms with Gasteiger partial charge in [0.2, 0.25) is 0 Å². The molecule has 96 valence electrons. The summed E-state index contributed by atoms with van der Waals surface area (Å²) < 4.78 is 14.6. The summed E-state index contributed by atoms with van der Waals surface area (Å²) in [6.45, 7) is 4.09. The maximum Gasteiger partial charge on any atom is 0.142 e. The normalized spacial score (nSPS) is 11.2. The number of halogens is 2. The summed E-state index contributed by atoms with van der Waals surface area (Å²) >= 11 is 3.37. The summed E-state index contributed by atoms with van der Waals surface area (Å²) in [6.07, 6.45) is 0. The van der Waals surface area contributed by atoms with Gasteiger partial charge in [-0.2, -0.15) is 0 Å². The summed E-state index contributed by atoms with van der Waals surface area (Å²) in [5.41, 5.74) is 4.61. The molecule has 0 bridgehead atoms. The molecule has 0 radical (unpaired) electrons. The molecule has 0 fully saturated rings. The molecule has 0 saturated heterocycles. The summed E-state index contributed by atoms with van der Waals surface area (Å²) in [6, 6.07) is 8.96. The third-order valence-corrected chi connectivity index (χ3v) is 3.96. The van der Waals surface area contributed by atoms with Crippen LogP contribution in [0.4, 0.5) is 4.39 Å². The fraction of sp³-hybridized carbons (Fsp3) is 0.133. The van der Waals surface area contributed by atoms with Crippen LogP contribution in [0.25, 0.3) is 22.4 Å². The highest BCUT2D eigenvalue weighted by atomic mass is 79.9. The number of nitrogens with zero attached hydrogens (tertiary/aromatic N) is 1. The van der Waals surface area contributed by atoms with Crippen molar-refractivity contribution in [3.63, 3.8) is 0 Å². The van der Waals surface area contributed by atoms with Crippen molar-refractivity contribution in [1.82, 2.24) is 9.97 Å². The molecular weight excluding hydrogens is 307 g/mol. The number of fused-ring (bicyclic) bond motifs is 1. The lowest BCUT2D eigenvalue weighted by Crippen LogP contribution is -1.87. The Labute approximate surface area is 118 Å². The predicted octanol–water partition coefficient (Wildman–Crippen LogP) is 4.75. The van der Waals surface area contributed by atoms with E-state index >= 15 is 0 Å². The van der Waals surface area contributed by atoms with Crippen LogP contribution in [0.2, 0.25) is 0 Å². The second-order valence-corrected chi connectivity index (χ2v) is 5.49. The number of benzene rings is 2. The smallest absolute Gasteiger partial charge is 0.142 e. The molecule has 1 aromatic heterocycles. The first-order chi connectivity index (χ1) is 9.06. The van der Waals surface area contributed by atoms with Crippen molar-refractivity contribution >= 4 is 27.0 Å². The third kappa shape index (κ3) is 2.06. The van der Waals surface area contributed by atoms with Crippen LogP contribution >= 0.6 is 15.9 Å². The molecule has 0 spiro atoms. The van der Waals surface area contributed by atoms with Crippen LogP contribution in [0.1, 0.15) is 11.1 Å². The number of rotatable bonds is 1. The van der Waals surface area contributed by atoms with E-state index in [0.717, 1.165) is 11.0 Å². The highest BCUT2D eigenvalue weighted by Gasteiger charge is 2.13. The molecule has 3 aromatic rings. The number of aryl methyl sites for hydroxylation is 2. The maximum absolute atomic E-state index is 13.9. The standard InChI is InChI=1S/C15H12BrFN2/c1-8-6-12-13(7-9(8)2)19-15(18-12)14-10(16)4-3-5-11(14)17/h3-7H,1-2H3,(H,18,19). The van der Waals surface area contributed by atoms with Gasteiger partial charge in [-0.15, -0.1) is 0 Å². The largest absolute Gasteiger partial charge is 0.338 e. The van der Waals surface area contributed by atoms with E-state index in [0.29, 0.717) is 15.9 Å². The summed E-state index contributed by atoms with van der Waals surface area (Å²) in [5.74, 6) is 0.256. The number of hydrogen-bond acceptors (Lipinski definition) is 1. The summed E-state index contributed by atoms with van der Waals surface area (Å²) in [5, 5.41) is 0. The van der Waals surface area contributed by atoms with Crippen molar-refractivity contribution in [2.45, 2.75) is 13.8 Å². The third-order valence-electron chi connectivity index (χ3n) is 3.30. The van der Waals surface area contributed by atoms with E-state index in [9.17, 15) is 4.39 Å². The van der Waals surface area contributed by atoms with Crippen molar-refractivity contribution < 1.29 is 4.39 Å². The molecule has 0 aliphatic carbocycles. The SMILES string of the molecule is Cc1cc2nc(-c3c(F)cccc3Br)[nH]c2cc1C. The van der Waals surface area contributed by atoms with Crippen LogP contribution in [0, 0.1) is 19.7 Å². The zero-order valence-corrected chi connectivity index (χ0v) is 12.2. The molecule has 4 heteroatoms. The van der Waals surface area contributed by atoms with Gasteiger partial charge in [-0.1, -0.05) is 6.07 Å². The minimum absolute atomic E-state index is 0.290. The molecule has 0 unspecified atom stereocenters. The van der Waals surface area contributed by atoms with E-state index in [1.807, 2.05) is 32.0 Å². The Hall–Kier alpha value is -1.68. The van der Waals surface area contributed by atoms with Crippen LogP contribution in [-0.4, -0.2) is 9.97 Å². The number of H-pyrrole nitrogens is 1. The van der Waals surface area contributed by atoms with Gasteiger partial charge in [-0.25, -0.2) is 9.37 Å². The number of aromatic amines is 1. The van der Waals surface area contributed by atoms with Gasteiger partial charge in [0.15, 0.2) is 0 Å². The van der Waals surface area contributed by atoms with E-state index in [-0.39, 0.29) is 5.82 Å². The van der Waals surface area contributed by atoms with Gasteiger partial charge in [0.25, 0.3) is 0 Å². The predicted molar refractivity (Wildman–Crippen MR) is 78.7 cm³/mol. The zero-order valence-electron chi connectivity index (χ0n) is 10.6. The van der Waals surface area contributed by atoms with Gasteiger partial charge in [0, 0.05) is 4.47 Å². The second kappa shape index (κ2) is 4.46. The van der Waals surface area contributed by atoms with Crippen LogP contribution in [-0.2, 0) is 0 Å². The molecule has 2 aromatic carbocycles. The van der Waals surface area contributed by atoms with E-state index in [2.05, 4.69) is 25.9 Å². The van der Waals surface area contributed by atoms with Crippen LogP contribution < -0.4 is 0 Å². The van der Waals surface area contributed by atoms with Crippen molar-refractivity contribution in [3.8, 4) is 11.4 Å². The van der Waals surface area contributed by atoms with Gasteiger partial charge in [-0.3, -0.25) is 0 Å². The van der Waals surface area contributed by atoms with Crippen LogP contribution in [0.3, 0.4) is 0 Å². The van der Waals surface area contributed by atoms with Gasteiger partial charge in [0.05, 0.1) is 16.6 Å². The maximum atomic E-state index is 13.9. The van der Waals surface area contributed by atoms with Gasteiger partial charge in [-0.05, 0) is 65.2 Å². The lowest BCUT2D eigenvalue weighted by molar-refractivity contribution is 0.629. The molecular formula is C15H12BrFN2. The molecule has 1 N–H and O–H groups in total. The summed E-state index contributed by atoms with van der Waals surface area (Å²) in [7, 11) is 0.